The van der Waals surface area contributed by atoms with Gasteiger partial charge in [0.05, 0.1) is 6.04 Å². The fraction of sp³-hybridized carbons (Fsp3) is 0.400. The molecule has 2 heterocycles. The lowest BCUT2D eigenvalue weighted by atomic mass is 10.1. The number of carbonyl (C=O) groups is 1. The normalized spacial score (nSPS) is 18.9. The van der Waals surface area contributed by atoms with Gasteiger partial charge in [0.25, 0.3) is 0 Å². The minimum Gasteiger partial charge on any atom is -0.361 e. The van der Waals surface area contributed by atoms with Gasteiger partial charge < -0.3 is 15.2 Å². The van der Waals surface area contributed by atoms with Crippen molar-refractivity contribution < 1.29 is 4.79 Å². The van der Waals surface area contributed by atoms with Crippen molar-refractivity contribution in [3.8, 4) is 0 Å². The third-order valence-corrected chi connectivity index (χ3v) is 3.82. The zero-order valence-corrected chi connectivity index (χ0v) is 11.1. The molecule has 3 rings (SSSR count). The summed E-state index contributed by atoms with van der Waals surface area (Å²) in [6.07, 6.45) is 4.05. The van der Waals surface area contributed by atoms with Gasteiger partial charge in [-0.1, -0.05) is 18.2 Å². The first-order chi connectivity index (χ1) is 9.25. The van der Waals surface area contributed by atoms with Crippen LogP contribution >= 0.6 is 0 Å². The van der Waals surface area contributed by atoms with Crippen LogP contribution in [0.5, 0.6) is 0 Å². The second-order valence-electron chi connectivity index (χ2n) is 5.20. The quantitative estimate of drug-likeness (QED) is 0.882. The predicted octanol–water partition coefficient (Wildman–Crippen LogP) is 1.88. The molecule has 1 aliphatic heterocycles. The molecule has 1 aliphatic rings. The van der Waals surface area contributed by atoms with Gasteiger partial charge in [0.1, 0.15) is 0 Å². The molecule has 2 N–H and O–H groups in total. The first-order valence-corrected chi connectivity index (χ1v) is 6.79. The molecule has 19 heavy (non-hydrogen) atoms. The Balaban J connectivity index is 1.75. The summed E-state index contributed by atoms with van der Waals surface area (Å²) in [5.41, 5.74) is 2.29. The maximum absolute atomic E-state index is 12.3. The molecule has 0 spiro atoms. The smallest absolute Gasteiger partial charge is 0.239 e. The van der Waals surface area contributed by atoms with Crippen LogP contribution in [0.15, 0.2) is 30.5 Å². The number of hydrogen-bond donors (Lipinski definition) is 2. The van der Waals surface area contributed by atoms with E-state index >= 15 is 0 Å². The Hall–Kier alpha value is -1.81. The van der Waals surface area contributed by atoms with E-state index in [1.165, 1.54) is 10.9 Å². The Morgan fingerprint density at radius 3 is 3.05 bits per heavy atom. The van der Waals surface area contributed by atoms with E-state index < -0.39 is 0 Å². The fourth-order valence-electron chi connectivity index (χ4n) is 2.76. The molecule has 2 aromatic rings. The van der Waals surface area contributed by atoms with Crippen LogP contribution < -0.4 is 5.32 Å². The van der Waals surface area contributed by atoms with E-state index in [4.69, 9.17) is 0 Å². The average molecular weight is 257 g/mol. The average Bonchev–Trinajstić information content (AvgIpc) is 3.08. The number of H-pyrrole nitrogens is 1. The van der Waals surface area contributed by atoms with Crippen molar-refractivity contribution in [1.82, 2.24) is 15.2 Å². The number of benzene rings is 1. The molecule has 100 valence electrons. The highest BCUT2D eigenvalue weighted by Crippen LogP contribution is 2.19. The zero-order chi connectivity index (χ0) is 13.2. The van der Waals surface area contributed by atoms with Crippen molar-refractivity contribution in [1.29, 1.82) is 0 Å². The number of amides is 1. The number of aromatic nitrogens is 1. The lowest BCUT2D eigenvalue weighted by Crippen LogP contribution is -2.41. The van der Waals surface area contributed by atoms with Crippen molar-refractivity contribution in [2.75, 3.05) is 13.6 Å². The number of nitrogens with zero attached hydrogens (tertiary/aromatic N) is 1. The number of para-hydroxylation sites is 1. The molecule has 4 heteroatoms. The fourth-order valence-corrected chi connectivity index (χ4v) is 2.76. The Morgan fingerprint density at radius 2 is 2.26 bits per heavy atom. The monoisotopic (exact) mass is 257 g/mol. The molecule has 1 aromatic heterocycles. The van der Waals surface area contributed by atoms with Crippen LogP contribution in [0.25, 0.3) is 10.9 Å². The number of rotatable bonds is 3. The van der Waals surface area contributed by atoms with Crippen molar-refractivity contribution >= 4 is 16.8 Å². The number of aromatic amines is 1. The first-order valence-electron chi connectivity index (χ1n) is 6.79. The molecule has 0 radical (unpaired) electrons. The van der Waals surface area contributed by atoms with Gasteiger partial charge in [-0.2, -0.15) is 0 Å². The summed E-state index contributed by atoms with van der Waals surface area (Å²) < 4.78 is 0. The van der Waals surface area contributed by atoms with Gasteiger partial charge in [-0.05, 0) is 31.0 Å². The molecule has 1 fully saturated rings. The third kappa shape index (κ3) is 2.36. The summed E-state index contributed by atoms with van der Waals surface area (Å²) in [7, 11) is 1.88. The molecule has 4 nitrogen and oxygen atoms in total. The molecule has 0 bridgehead atoms. The van der Waals surface area contributed by atoms with Crippen molar-refractivity contribution in [2.24, 2.45) is 0 Å². The molecule has 0 saturated carbocycles. The second kappa shape index (κ2) is 5.05. The summed E-state index contributed by atoms with van der Waals surface area (Å²) in [5, 5.41) is 4.45. The van der Waals surface area contributed by atoms with Crippen LogP contribution in [0.1, 0.15) is 18.4 Å². The number of nitrogens with one attached hydrogen (secondary N) is 2. The van der Waals surface area contributed by atoms with Crippen molar-refractivity contribution in [2.45, 2.75) is 25.4 Å². The maximum atomic E-state index is 12.3. The van der Waals surface area contributed by atoms with Crippen LogP contribution in [-0.2, 0) is 11.3 Å². The lowest BCUT2D eigenvalue weighted by Gasteiger charge is -2.20. The van der Waals surface area contributed by atoms with Crippen LogP contribution in [0.2, 0.25) is 0 Å². The highest BCUT2D eigenvalue weighted by molar-refractivity contribution is 5.85. The van der Waals surface area contributed by atoms with Gasteiger partial charge in [-0.25, -0.2) is 0 Å². The SMILES string of the molecule is CN(Cc1c[nH]c2ccccc12)C(=O)C1CCCN1. The summed E-state index contributed by atoms with van der Waals surface area (Å²) >= 11 is 0. The highest BCUT2D eigenvalue weighted by Gasteiger charge is 2.25. The second-order valence-corrected chi connectivity index (χ2v) is 5.20. The van der Waals surface area contributed by atoms with Crippen LogP contribution in [0.4, 0.5) is 0 Å². The molecule has 1 amide bonds. The molecular weight excluding hydrogens is 238 g/mol. The van der Waals surface area contributed by atoms with E-state index in [0.717, 1.165) is 24.9 Å². The zero-order valence-electron chi connectivity index (χ0n) is 11.1. The van der Waals surface area contributed by atoms with Gasteiger partial charge in [0.2, 0.25) is 5.91 Å². The first kappa shape index (κ1) is 12.2. The predicted molar refractivity (Wildman–Crippen MR) is 75.8 cm³/mol. The van der Waals surface area contributed by atoms with Gasteiger partial charge in [-0.3, -0.25) is 4.79 Å². The molecule has 1 saturated heterocycles. The van der Waals surface area contributed by atoms with E-state index in [1.807, 2.05) is 30.3 Å². The Bertz CT molecular complexity index is 584. The standard InChI is InChI=1S/C15H19N3O/c1-18(15(19)14-7-4-8-16-14)10-11-9-17-13-6-3-2-5-12(11)13/h2-3,5-6,9,14,16-17H,4,7-8,10H2,1H3. The molecule has 1 aromatic carbocycles. The number of likely N-dealkylation sites (N-methyl/N-ethyl adjacent to an activating group) is 1. The molecule has 0 aliphatic carbocycles. The number of hydrogen-bond acceptors (Lipinski definition) is 2. The minimum atomic E-state index is 0.00945. The Morgan fingerprint density at radius 1 is 1.42 bits per heavy atom. The van der Waals surface area contributed by atoms with Crippen LogP contribution in [-0.4, -0.2) is 35.4 Å². The van der Waals surface area contributed by atoms with E-state index in [-0.39, 0.29) is 11.9 Å². The van der Waals surface area contributed by atoms with E-state index in [9.17, 15) is 4.79 Å². The summed E-state index contributed by atoms with van der Waals surface area (Å²) in [5.74, 6) is 0.197. The Labute approximate surface area is 112 Å². The van der Waals surface area contributed by atoms with Gasteiger partial charge >= 0.3 is 0 Å². The molecule has 1 unspecified atom stereocenters. The lowest BCUT2D eigenvalue weighted by molar-refractivity contribution is -0.132. The number of carbonyl (C=O) groups excluding carboxylic acids is 1. The Kier molecular flexibility index (Phi) is 3.25. The summed E-state index contributed by atoms with van der Waals surface area (Å²) in [4.78, 5) is 17.3. The van der Waals surface area contributed by atoms with Crippen LogP contribution in [0.3, 0.4) is 0 Å². The van der Waals surface area contributed by atoms with Gasteiger partial charge in [-0.15, -0.1) is 0 Å². The van der Waals surface area contributed by atoms with E-state index in [1.54, 1.807) is 0 Å². The van der Waals surface area contributed by atoms with E-state index in [2.05, 4.69) is 22.4 Å². The van der Waals surface area contributed by atoms with E-state index in [0.29, 0.717) is 6.54 Å². The highest BCUT2D eigenvalue weighted by atomic mass is 16.2. The number of fused-ring (bicyclic) bond motifs is 1. The summed E-state index contributed by atoms with van der Waals surface area (Å²) in [6, 6.07) is 8.20. The van der Waals surface area contributed by atoms with Crippen molar-refractivity contribution in [3.63, 3.8) is 0 Å². The van der Waals surface area contributed by atoms with Crippen LogP contribution in [0, 0.1) is 0 Å². The van der Waals surface area contributed by atoms with Gasteiger partial charge in [0.15, 0.2) is 0 Å². The molecule has 1 atom stereocenters. The largest absolute Gasteiger partial charge is 0.361 e. The third-order valence-electron chi connectivity index (χ3n) is 3.82. The maximum Gasteiger partial charge on any atom is 0.239 e. The van der Waals surface area contributed by atoms with Crippen molar-refractivity contribution in [3.05, 3.63) is 36.0 Å². The minimum absolute atomic E-state index is 0.00945. The van der Waals surface area contributed by atoms with Gasteiger partial charge in [0, 0.05) is 30.7 Å². The summed E-state index contributed by atoms with van der Waals surface area (Å²) in [6.45, 7) is 1.61. The topological polar surface area (TPSA) is 48.1 Å². The molecular formula is C15H19N3O.